The SMILES string of the molecule is CC1Cc2ccccc2N(c2cccc(F)n2)C1. The first-order valence-corrected chi connectivity index (χ1v) is 6.22. The van der Waals surface area contributed by atoms with E-state index in [-0.39, 0.29) is 0 Å². The number of hydrogen-bond donors (Lipinski definition) is 0. The number of aromatic nitrogens is 1. The minimum Gasteiger partial charge on any atom is -0.326 e. The Morgan fingerprint density at radius 1 is 1.17 bits per heavy atom. The molecule has 1 atom stereocenters. The smallest absolute Gasteiger partial charge is 0.214 e. The largest absolute Gasteiger partial charge is 0.326 e. The van der Waals surface area contributed by atoms with Crippen LogP contribution < -0.4 is 4.90 Å². The molecule has 2 heterocycles. The van der Waals surface area contributed by atoms with Crippen molar-refractivity contribution in [1.29, 1.82) is 0 Å². The van der Waals surface area contributed by atoms with Crippen LogP contribution >= 0.6 is 0 Å². The number of fused-ring (bicyclic) bond motifs is 1. The Labute approximate surface area is 106 Å². The zero-order chi connectivity index (χ0) is 12.5. The highest BCUT2D eigenvalue weighted by Gasteiger charge is 2.23. The van der Waals surface area contributed by atoms with Gasteiger partial charge in [0.25, 0.3) is 0 Å². The van der Waals surface area contributed by atoms with Crippen LogP contribution in [0.3, 0.4) is 0 Å². The summed E-state index contributed by atoms with van der Waals surface area (Å²) in [5, 5.41) is 0. The maximum absolute atomic E-state index is 13.3. The van der Waals surface area contributed by atoms with E-state index in [1.807, 2.05) is 18.2 Å². The monoisotopic (exact) mass is 242 g/mol. The van der Waals surface area contributed by atoms with Crippen LogP contribution in [0.4, 0.5) is 15.9 Å². The summed E-state index contributed by atoms with van der Waals surface area (Å²) >= 11 is 0. The van der Waals surface area contributed by atoms with Gasteiger partial charge in [-0.25, -0.2) is 4.98 Å². The van der Waals surface area contributed by atoms with Crippen LogP contribution in [-0.4, -0.2) is 11.5 Å². The number of nitrogens with zero attached hydrogens (tertiary/aromatic N) is 2. The van der Waals surface area contributed by atoms with Gasteiger partial charge in [-0.2, -0.15) is 4.39 Å². The summed E-state index contributed by atoms with van der Waals surface area (Å²) in [6, 6.07) is 13.2. The average Bonchev–Trinajstić information content (AvgIpc) is 2.37. The van der Waals surface area contributed by atoms with Gasteiger partial charge in [-0.1, -0.05) is 31.2 Å². The van der Waals surface area contributed by atoms with Gasteiger partial charge >= 0.3 is 0 Å². The van der Waals surface area contributed by atoms with Crippen molar-refractivity contribution in [2.75, 3.05) is 11.4 Å². The molecular weight excluding hydrogens is 227 g/mol. The van der Waals surface area contributed by atoms with Crippen LogP contribution in [-0.2, 0) is 6.42 Å². The molecule has 1 unspecified atom stereocenters. The predicted octanol–water partition coefficient (Wildman–Crippen LogP) is 3.55. The highest BCUT2D eigenvalue weighted by atomic mass is 19.1. The molecule has 0 fully saturated rings. The van der Waals surface area contributed by atoms with Gasteiger partial charge in [0.1, 0.15) is 5.82 Å². The first-order chi connectivity index (χ1) is 8.74. The first kappa shape index (κ1) is 11.2. The molecule has 0 radical (unpaired) electrons. The Morgan fingerprint density at radius 2 is 2.00 bits per heavy atom. The fourth-order valence-electron chi connectivity index (χ4n) is 2.56. The average molecular weight is 242 g/mol. The minimum atomic E-state index is -0.428. The van der Waals surface area contributed by atoms with E-state index < -0.39 is 5.95 Å². The van der Waals surface area contributed by atoms with Crippen molar-refractivity contribution in [3.63, 3.8) is 0 Å². The third-order valence-corrected chi connectivity index (χ3v) is 3.32. The third-order valence-electron chi connectivity index (χ3n) is 3.32. The molecule has 1 aromatic heterocycles. The molecule has 2 aromatic rings. The summed E-state index contributed by atoms with van der Waals surface area (Å²) in [7, 11) is 0. The predicted molar refractivity (Wildman–Crippen MR) is 70.5 cm³/mol. The Balaban J connectivity index is 2.07. The molecular formula is C15H15FN2. The maximum atomic E-state index is 13.3. The van der Waals surface area contributed by atoms with E-state index in [0.29, 0.717) is 11.7 Å². The van der Waals surface area contributed by atoms with Crippen LogP contribution in [0.15, 0.2) is 42.5 Å². The summed E-state index contributed by atoms with van der Waals surface area (Å²) in [6.07, 6.45) is 1.07. The second-order valence-corrected chi connectivity index (χ2v) is 4.87. The quantitative estimate of drug-likeness (QED) is 0.711. The number of anilines is 2. The lowest BCUT2D eigenvalue weighted by atomic mass is 9.94. The van der Waals surface area contributed by atoms with E-state index in [2.05, 4.69) is 28.9 Å². The molecule has 2 nitrogen and oxygen atoms in total. The van der Waals surface area contributed by atoms with E-state index >= 15 is 0 Å². The lowest BCUT2D eigenvalue weighted by Crippen LogP contribution is -2.31. The standard InChI is InChI=1S/C15H15FN2/c1-11-9-12-5-2-3-6-13(12)18(10-11)15-8-4-7-14(16)17-15/h2-8,11H,9-10H2,1H3. The molecule has 0 saturated carbocycles. The van der Waals surface area contributed by atoms with Gasteiger partial charge in [0, 0.05) is 12.2 Å². The molecule has 3 rings (SSSR count). The summed E-state index contributed by atoms with van der Waals surface area (Å²) in [6.45, 7) is 3.09. The lowest BCUT2D eigenvalue weighted by molar-refractivity contribution is 0.550. The number of para-hydroxylation sites is 1. The zero-order valence-electron chi connectivity index (χ0n) is 10.3. The van der Waals surface area contributed by atoms with Gasteiger partial charge < -0.3 is 4.90 Å². The number of pyridine rings is 1. The molecule has 0 spiro atoms. The summed E-state index contributed by atoms with van der Waals surface area (Å²) in [4.78, 5) is 6.09. The van der Waals surface area contributed by atoms with Crippen LogP contribution in [0, 0.1) is 11.9 Å². The third kappa shape index (κ3) is 1.96. The molecule has 1 aliphatic heterocycles. The van der Waals surface area contributed by atoms with Gasteiger partial charge in [0.2, 0.25) is 5.95 Å². The number of halogens is 1. The molecule has 0 aliphatic carbocycles. The summed E-state index contributed by atoms with van der Waals surface area (Å²) in [5.41, 5.74) is 2.45. The van der Waals surface area contributed by atoms with E-state index in [0.717, 1.165) is 18.7 Å². The van der Waals surface area contributed by atoms with Crippen molar-refractivity contribution < 1.29 is 4.39 Å². The van der Waals surface area contributed by atoms with Crippen molar-refractivity contribution in [3.05, 3.63) is 54.0 Å². The van der Waals surface area contributed by atoms with Crippen LogP contribution in [0.5, 0.6) is 0 Å². The second kappa shape index (κ2) is 4.41. The Bertz CT molecular complexity index is 568. The van der Waals surface area contributed by atoms with Crippen LogP contribution in [0.2, 0.25) is 0 Å². The lowest BCUT2D eigenvalue weighted by Gasteiger charge is -2.33. The maximum Gasteiger partial charge on any atom is 0.214 e. The van der Waals surface area contributed by atoms with E-state index in [1.54, 1.807) is 6.07 Å². The molecule has 0 N–H and O–H groups in total. The molecule has 0 bridgehead atoms. The molecule has 0 amide bonds. The molecule has 92 valence electrons. The number of hydrogen-bond acceptors (Lipinski definition) is 2. The van der Waals surface area contributed by atoms with Crippen molar-refractivity contribution >= 4 is 11.5 Å². The molecule has 3 heteroatoms. The second-order valence-electron chi connectivity index (χ2n) is 4.87. The fourth-order valence-corrected chi connectivity index (χ4v) is 2.56. The van der Waals surface area contributed by atoms with Crippen molar-refractivity contribution in [2.24, 2.45) is 5.92 Å². The normalized spacial score (nSPS) is 18.6. The van der Waals surface area contributed by atoms with Crippen molar-refractivity contribution in [2.45, 2.75) is 13.3 Å². The van der Waals surface area contributed by atoms with Crippen molar-refractivity contribution in [3.8, 4) is 0 Å². The van der Waals surface area contributed by atoms with E-state index in [4.69, 9.17) is 0 Å². The van der Waals surface area contributed by atoms with E-state index in [9.17, 15) is 4.39 Å². The zero-order valence-corrected chi connectivity index (χ0v) is 10.3. The molecule has 18 heavy (non-hydrogen) atoms. The van der Waals surface area contributed by atoms with Crippen molar-refractivity contribution in [1.82, 2.24) is 4.98 Å². The van der Waals surface area contributed by atoms with Crippen LogP contribution in [0.1, 0.15) is 12.5 Å². The highest BCUT2D eigenvalue weighted by Crippen LogP contribution is 2.34. The topological polar surface area (TPSA) is 16.1 Å². The van der Waals surface area contributed by atoms with E-state index in [1.165, 1.54) is 11.6 Å². The molecule has 0 saturated heterocycles. The van der Waals surface area contributed by atoms with Crippen LogP contribution in [0.25, 0.3) is 0 Å². The van der Waals surface area contributed by atoms with Gasteiger partial charge in [0.05, 0.1) is 0 Å². The van der Waals surface area contributed by atoms with Gasteiger partial charge in [-0.05, 0) is 36.1 Å². The minimum absolute atomic E-state index is 0.428. The summed E-state index contributed by atoms with van der Waals surface area (Å²) in [5.74, 6) is 0.808. The number of rotatable bonds is 1. The Kier molecular flexibility index (Phi) is 2.74. The summed E-state index contributed by atoms with van der Waals surface area (Å²) < 4.78 is 13.3. The molecule has 1 aliphatic rings. The Hall–Kier alpha value is -1.90. The van der Waals surface area contributed by atoms with Gasteiger partial charge in [-0.3, -0.25) is 0 Å². The molecule has 1 aromatic carbocycles. The Morgan fingerprint density at radius 3 is 2.83 bits per heavy atom. The van der Waals surface area contributed by atoms with Gasteiger partial charge in [0.15, 0.2) is 0 Å². The first-order valence-electron chi connectivity index (χ1n) is 6.22. The highest BCUT2D eigenvalue weighted by molar-refractivity contribution is 5.65. The number of benzene rings is 1. The van der Waals surface area contributed by atoms with Gasteiger partial charge in [-0.15, -0.1) is 0 Å². The fraction of sp³-hybridized carbons (Fsp3) is 0.267.